The highest BCUT2D eigenvalue weighted by Gasteiger charge is 2.25. The molecule has 0 radical (unpaired) electrons. The predicted molar refractivity (Wildman–Crippen MR) is 127 cm³/mol. The van der Waals surface area contributed by atoms with Crippen molar-refractivity contribution in [3.8, 4) is 17.0 Å². The molecule has 0 aliphatic heterocycles. The SMILES string of the molecule is COC(=O)c1ccc(OCc2ccc(-c3cc(C)ccc3S(=O)(=O)NC(C)(C)C)cc2)nc1. The number of pyridine rings is 1. The summed E-state index contributed by atoms with van der Waals surface area (Å²) in [5.41, 5.74) is 3.04. The van der Waals surface area contributed by atoms with Crippen molar-refractivity contribution in [2.24, 2.45) is 0 Å². The molecule has 0 atom stereocenters. The van der Waals surface area contributed by atoms with E-state index in [4.69, 9.17) is 4.74 Å². The van der Waals surface area contributed by atoms with E-state index in [0.717, 1.165) is 16.7 Å². The number of esters is 1. The molecule has 0 unspecified atom stereocenters. The van der Waals surface area contributed by atoms with Crippen molar-refractivity contribution in [1.29, 1.82) is 0 Å². The largest absolute Gasteiger partial charge is 0.473 e. The molecular weight excluding hydrogens is 440 g/mol. The zero-order valence-electron chi connectivity index (χ0n) is 19.4. The number of aromatic nitrogens is 1. The fraction of sp³-hybridized carbons (Fsp3) is 0.280. The molecule has 1 aromatic heterocycles. The van der Waals surface area contributed by atoms with Gasteiger partial charge >= 0.3 is 5.97 Å². The van der Waals surface area contributed by atoms with Crippen LogP contribution in [0.15, 0.2) is 65.7 Å². The summed E-state index contributed by atoms with van der Waals surface area (Å²) in [6.07, 6.45) is 1.40. The average Bonchev–Trinajstić information content (AvgIpc) is 2.76. The number of carbonyl (C=O) groups excluding carboxylic acids is 1. The Bertz CT molecular complexity index is 1230. The molecule has 1 heterocycles. The first-order valence-electron chi connectivity index (χ1n) is 10.4. The fourth-order valence-corrected chi connectivity index (χ4v) is 4.83. The first-order chi connectivity index (χ1) is 15.5. The minimum atomic E-state index is -3.70. The molecule has 0 spiro atoms. The Morgan fingerprint density at radius 2 is 1.73 bits per heavy atom. The third-order valence-electron chi connectivity index (χ3n) is 4.67. The maximum Gasteiger partial charge on any atom is 0.339 e. The summed E-state index contributed by atoms with van der Waals surface area (Å²) in [7, 11) is -2.39. The van der Waals surface area contributed by atoms with Crippen molar-refractivity contribution < 1.29 is 22.7 Å². The van der Waals surface area contributed by atoms with E-state index in [0.29, 0.717) is 17.0 Å². The van der Waals surface area contributed by atoms with Gasteiger partial charge in [0, 0.05) is 23.4 Å². The van der Waals surface area contributed by atoms with E-state index in [-0.39, 0.29) is 11.5 Å². The molecule has 3 rings (SSSR count). The van der Waals surface area contributed by atoms with Crippen molar-refractivity contribution in [3.05, 3.63) is 77.5 Å². The minimum absolute atomic E-state index is 0.238. The molecule has 2 aromatic carbocycles. The van der Waals surface area contributed by atoms with Crippen molar-refractivity contribution in [2.75, 3.05) is 7.11 Å². The van der Waals surface area contributed by atoms with Crippen LogP contribution in [0.2, 0.25) is 0 Å². The van der Waals surface area contributed by atoms with Gasteiger partial charge in [0.05, 0.1) is 17.6 Å². The molecule has 0 saturated carbocycles. The summed E-state index contributed by atoms with van der Waals surface area (Å²) >= 11 is 0. The molecule has 3 aromatic rings. The first kappa shape index (κ1) is 24.4. The summed E-state index contributed by atoms with van der Waals surface area (Å²) in [5, 5.41) is 0. The quantitative estimate of drug-likeness (QED) is 0.513. The second-order valence-electron chi connectivity index (χ2n) is 8.72. The third kappa shape index (κ3) is 6.40. The zero-order chi connectivity index (χ0) is 24.2. The summed E-state index contributed by atoms with van der Waals surface area (Å²) in [4.78, 5) is 15.8. The summed E-state index contributed by atoms with van der Waals surface area (Å²) in [5.74, 6) is -0.0769. The van der Waals surface area contributed by atoms with E-state index in [1.165, 1.54) is 13.3 Å². The highest BCUT2D eigenvalue weighted by molar-refractivity contribution is 7.89. The van der Waals surface area contributed by atoms with Crippen LogP contribution < -0.4 is 9.46 Å². The van der Waals surface area contributed by atoms with Crippen LogP contribution >= 0.6 is 0 Å². The van der Waals surface area contributed by atoms with Gasteiger partial charge in [-0.05, 0) is 51.0 Å². The van der Waals surface area contributed by atoms with Gasteiger partial charge in [0.1, 0.15) is 6.61 Å². The van der Waals surface area contributed by atoms with Crippen LogP contribution in [0.5, 0.6) is 5.88 Å². The van der Waals surface area contributed by atoms with Gasteiger partial charge in [-0.15, -0.1) is 0 Å². The second kappa shape index (κ2) is 9.72. The average molecular weight is 469 g/mol. The van der Waals surface area contributed by atoms with Crippen LogP contribution in [-0.2, 0) is 21.4 Å². The van der Waals surface area contributed by atoms with Gasteiger partial charge < -0.3 is 9.47 Å². The molecule has 7 nitrogen and oxygen atoms in total. The number of nitrogens with one attached hydrogen (secondary N) is 1. The normalized spacial score (nSPS) is 11.8. The topological polar surface area (TPSA) is 94.6 Å². The third-order valence-corrected chi connectivity index (χ3v) is 6.49. The van der Waals surface area contributed by atoms with Crippen LogP contribution in [0.25, 0.3) is 11.1 Å². The lowest BCUT2D eigenvalue weighted by Gasteiger charge is -2.22. The molecular formula is C25H28N2O5S. The van der Waals surface area contributed by atoms with Crippen LogP contribution in [0.4, 0.5) is 0 Å². The van der Waals surface area contributed by atoms with E-state index in [1.807, 2.05) is 58.0 Å². The van der Waals surface area contributed by atoms with Crippen LogP contribution in [0.1, 0.15) is 42.3 Å². The highest BCUT2D eigenvalue weighted by Crippen LogP contribution is 2.29. The van der Waals surface area contributed by atoms with E-state index in [1.54, 1.807) is 24.3 Å². The van der Waals surface area contributed by atoms with E-state index < -0.39 is 21.5 Å². The van der Waals surface area contributed by atoms with Gasteiger partial charge in [0.2, 0.25) is 15.9 Å². The molecule has 174 valence electrons. The van der Waals surface area contributed by atoms with Crippen LogP contribution in [0, 0.1) is 6.92 Å². The number of hydrogen-bond donors (Lipinski definition) is 1. The highest BCUT2D eigenvalue weighted by atomic mass is 32.2. The van der Waals surface area contributed by atoms with Crippen LogP contribution in [-0.4, -0.2) is 32.0 Å². The Morgan fingerprint density at radius 1 is 1.03 bits per heavy atom. The molecule has 0 bridgehead atoms. The van der Waals surface area contributed by atoms with E-state index in [2.05, 4.69) is 14.4 Å². The summed E-state index contributed by atoms with van der Waals surface area (Å²) < 4.78 is 39.1. The number of sulfonamides is 1. The Balaban J connectivity index is 1.79. The van der Waals surface area contributed by atoms with Crippen molar-refractivity contribution in [3.63, 3.8) is 0 Å². The first-order valence-corrected chi connectivity index (χ1v) is 11.9. The molecule has 8 heteroatoms. The van der Waals surface area contributed by atoms with Crippen molar-refractivity contribution in [1.82, 2.24) is 9.71 Å². The summed E-state index contributed by atoms with van der Waals surface area (Å²) in [6, 6.07) is 16.0. The van der Waals surface area contributed by atoms with Crippen LogP contribution in [0.3, 0.4) is 0 Å². The van der Waals surface area contributed by atoms with Crippen molar-refractivity contribution >= 4 is 16.0 Å². The number of methoxy groups -OCH3 is 1. The molecule has 1 N–H and O–H groups in total. The zero-order valence-corrected chi connectivity index (χ0v) is 20.2. The molecule has 0 amide bonds. The Morgan fingerprint density at radius 3 is 2.30 bits per heavy atom. The second-order valence-corrected chi connectivity index (χ2v) is 10.4. The van der Waals surface area contributed by atoms with Gasteiger partial charge in [-0.2, -0.15) is 0 Å². The predicted octanol–water partition coefficient (Wildman–Crippen LogP) is 4.50. The number of benzene rings is 2. The Kier molecular flexibility index (Phi) is 7.19. The number of rotatable bonds is 7. The lowest BCUT2D eigenvalue weighted by Crippen LogP contribution is -2.40. The van der Waals surface area contributed by atoms with Crippen molar-refractivity contribution in [2.45, 2.75) is 44.7 Å². The van der Waals surface area contributed by atoms with Gasteiger partial charge in [0.15, 0.2) is 0 Å². The Labute approximate surface area is 194 Å². The Hall–Kier alpha value is -3.23. The number of aryl methyl sites for hydroxylation is 1. The maximum atomic E-state index is 13.0. The van der Waals surface area contributed by atoms with Gasteiger partial charge in [-0.1, -0.05) is 42.0 Å². The van der Waals surface area contributed by atoms with E-state index >= 15 is 0 Å². The fourth-order valence-electron chi connectivity index (χ4n) is 3.20. The minimum Gasteiger partial charge on any atom is -0.473 e. The molecule has 0 saturated heterocycles. The number of nitrogens with zero attached hydrogens (tertiary/aromatic N) is 1. The molecule has 0 aliphatic rings. The lowest BCUT2D eigenvalue weighted by molar-refractivity contribution is 0.0600. The van der Waals surface area contributed by atoms with Gasteiger partial charge in [-0.3, -0.25) is 0 Å². The molecule has 0 aliphatic carbocycles. The lowest BCUT2D eigenvalue weighted by atomic mass is 10.0. The summed E-state index contributed by atoms with van der Waals surface area (Å²) in [6.45, 7) is 7.63. The standard InChI is InChI=1S/C25H28N2O5S/c1-17-6-12-22(33(29,30)27-25(2,3)4)21(14-17)19-9-7-18(8-10-19)16-32-23-13-11-20(15-26-23)24(28)31-5/h6-15,27H,16H2,1-5H3. The maximum absolute atomic E-state index is 13.0. The number of hydrogen-bond acceptors (Lipinski definition) is 6. The van der Waals surface area contributed by atoms with Gasteiger partial charge in [-0.25, -0.2) is 22.9 Å². The van der Waals surface area contributed by atoms with Gasteiger partial charge in [0.25, 0.3) is 0 Å². The van der Waals surface area contributed by atoms with E-state index in [9.17, 15) is 13.2 Å². The number of ether oxygens (including phenoxy) is 2. The smallest absolute Gasteiger partial charge is 0.339 e. The number of carbonyl (C=O) groups is 1. The molecule has 33 heavy (non-hydrogen) atoms. The molecule has 0 fully saturated rings. The monoisotopic (exact) mass is 468 g/mol.